The Kier molecular flexibility index (Phi) is 3.24. The molecule has 1 aliphatic heterocycles. The van der Waals surface area contributed by atoms with Crippen molar-refractivity contribution < 1.29 is 0 Å². The maximum absolute atomic E-state index is 4.15. The molecule has 3 aromatic rings. The average molecular weight is 280 g/mol. The summed E-state index contributed by atoms with van der Waals surface area (Å²) < 4.78 is 2.24. The lowest BCUT2D eigenvalue weighted by Gasteiger charge is -2.16. The van der Waals surface area contributed by atoms with Crippen molar-refractivity contribution in [2.75, 3.05) is 19.6 Å². The van der Waals surface area contributed by atoms with E-state index in [1.54, 1.807) is 0 Å². The van der Waals surface area contributed by atoms with Crippen molar-refractivity contribution in [2.24, 2.45) is 0 Å². The van der Waals surface area contributed by atoms with Crippen molar-refractivity contribution in [3.63, 3.8) is 0 Å². The Morgan fingerprint density at radius 2 is 2.24 bits per heavy atom. The molecule has 1 N–H and O–H groups in total. The molecule has 1 fully saturated rings. The standard InChI is InChI=1S/C17H20N4/c1-2-4-17-16(3-1)14(11-19-17)5-8-20-9-6-15(12-20)21-10-7-18-13-21/h1-4,7,10-11,13,15,19H,5-6,8-9,12H2. The summed E-state index contributed by atoms with van der Waals surface area (Å²) in [5.41, 5.74) is 2.67. The molecule has 0 radical (unpaired) electrons. The highest BCUT2D eigenvalue weighted by atomic mass is 15.2. The number of aromatic amines is 1. The van der Waals surface area contributed by atoms with Gasteiger partial charge in [-0.1, -0.05) is 18.2 Å². The first kappa shape index (κ1) is 12.7. The van der Waals surface area contributed by atoms with Crippen LogP contribution in [0.5, 0.6) is 0 Å². The number of H-pyrrole nitrogens is 1. The fourth-order valence-corrected chi connectivity index (χ4v) is 3.36. The van der Waals surface area contributed by atoms with Crippen molar-refractivity contribution in [3.05, 3.63) is 54.7 Å². The summed E-state index contributed by atoms with van der Waals surface area (Å²) in [4.78, 5) is 10.1. The summed E-state index contributed by atoms with van der Waals surface area (Å²) in [6, 6.07) is 9.14. The molecule has 4 heteroatoms. The molecule has 0 saturated carbocycles. The number of benzene rings is 1. The zero-order valence-electron chi connectivity index (χ0n) is 12.1. The van der Waals surface area contributed by atoms with Crippen molar-refractivity contribution in [1.82, 2.24) is 19.4 Å². The fraction of sp³-hybridized carbons (Fsp3) is 0.353. The smallest absolute Gasteiger partial charge is 0.0948 e. The quantitative estimate of drug-likeness (QED) is 0.798. The minimum atomic E-state index is 0.593. The van der Waals surface area contributed by atoms with Crippen LogP contribution in [0.25, 0.3) is 10.9 Å². The van der Waals surface area contributed by atoms with Crippen LogP contribution in [0.3, 0.4) is 0 Å². The van der Waals surface area contributed by atoms with Crippen LogP contribution in [0.2, 0.25) is 0 Å². The molecular formula is C17H20N4. The van der Waals surface area contributed by atoms with Crippen LogP contribution in [-0.4, -0.2) is 39.1 Å². The van der Waals surface area contributed by atoms with Crippen LogP contribution in [0.1, 0.15) is 18.0 Å². The lowest BCUT2D eigenvalue weighted by Crippen LogP contribution is -2.23. The molecule has 21 heavy (non-hydrogen) atoms. The third kappa shape index (κ3) is 2.47. The number of imidazole rings is 1. The third-order valence-corrected chi connectivity index (χ3v) is 4.57. The van der Waals surface area contributed by atoms with Gasteiger partial charge in [0, 0.05) is 55.2 Å². The summed E-state index contributed by atoms with van der Waals surface area (Å²) in [7, 11) is 0. The number of para-hydroxylation sites is 1. The molecule has 1 aliphatic rings. The van der Waals surface area contributed by atoms with E-state index < -0.39 is 0 Å². The monoisotopic (exact) mass is 280 g/mol. The summed E-state index contributed by atoms with van der Waals surface area (Å²) in [5.74, 6) is 0. The van der Waals surface area contributed by atoms with Crippen LogP contribution in [-0.2, 0) is 6.42 Å². The molecule has 1 atom stereocenters. The Labute approximate surface area is 124 Å². The van der Waals surface area contributed by atoms with Crippen LogP contribution >= 0.6 is 0 Å². The van der Waals surface area contributed by atoms with Gasteiger partial charge in [-0.05, 0) is 24.5 Å². The van der Waals surface area contributed by atoms with Gasteiger partial charge in [-0.15, -0.1) is 0 Å². The molecule has 1 unspecified atom stereocenters. The number of rotatable bonds is 4. The summed E-state index contributed by atoms with van der Waals surface area (Å²) in [6.45, 7) is 3.46. The van der Waals surface area contributed by atoms with Crippen molar-refractivity contribution in [3.8, 4) is 0 Å². The average Bonchev–Trinajstić information content (AvgIpc) is 3.25. The largest absolute Gasteiger partial charge is 0.361 e. The number of hydrogen-bond donors (Lipinski definition) is 1. The third-order valence-electron chi connectivity index (χ3n) is 4.57. The van der Waals surface area contributed by atoms with Gasteiger partial charge in [-0.3, -0.25) is 0 Å². The number of hydrogen-bond acceptors (Lipinski definition) is 2. The van der Waals surface area contributed by atoms with Crippen LogP contribution in [0.15, 0.2) is 49.2 Å². The molecule has 0 amide bonds. The van der Waals surface area contributed by atoms with Gasteiger partial charge in [0.2, 0.25) is 0 Å². The first-order valence-electron chi connectivity index (χ1n) is 7.65. The van der Waals surface area contributed by atoms with Gasteiger partial charge >= 0.3 is 0 Å². The van der Waals surface area contributed by atoms with E-state index in [9.17, 15) is 0 Å². The molecule has 3 heterocycles. The van der Waals surface area contributed by atoms with E-state index in [0.29, 0.717) is 6.04 Å². The Bertz CT molecular complexity index is 713. The molecule has 1 saturated heterocycles. The number of fused-ring (bicyclic) bond motifs is 1. The van der Waals surface area contributed by atoms with Gasteiger partial charge in [-0.25, -0.2) is 4.98 Å². The van der Waals surface area contributed by atoms with E-state index in [0.717, 1.165) is 19.5 Å². The van der Waals surface area contributed by atoms with Gasteiger partial charge in [0.1, 0.15) is 0 Å². The highest BCUT2D eigenvalue weighted by molar-refractivity contribution is 5.83. The lowest BCUT2D eigenvalue weighted by molar-refractivity contribution is 0.328. The zero-order valence-corrected chi connectivity index (χ0v) is 12.1. The summed E-state index contributed by atoms with van der Waals surface area (Å²) in [5, 5.41) is 1.36. The van der Waals surface area contributed by atoms with E-state index in [-0.39, 0.29) is 0 Å². The van der Waals surface area contributed by atoms with E-state index in [2.05, 4.69) is 56.1 Å². The predicted octanol–water partition coefficient (Wildman–Crippen LogP) is 2.85. The van der Waals surface area contributed by atoms with Gasteiger partial charge in [0.25, 0.3) is 0 Å². The molecule has 4 nitrogen and oxygen atoms in total. The predicted molar refractivity (Wildman–Crippen MR) is 84.3 cm³/mol. The Hall–Kier alpha value is -2.07. The van der Waals surface area contributed by atoms with E-state index in [4.69, 9.17) is 0 Å². The highest BCUT2D eigenvalue weighted by Gasteiger charge is 2.23. The second-order valence-corrected chi connectivity index (χ2v) is 5.86. The maximum Gasteiger partial charge on any atom is 0.0948 e. The van der Waals surface area contributed by atoms with E-state index >= 15 is 0 Å². The van der Waals surface area contributed by atoms with Gasteiger partial charge < -0.3 is 14.5 Å². The van der Waals surface area contributed by atoms with Gasteiger partial charge in [-0.2, -0.15) is 0 Å². The second-order valence-electron chi connectivity index (χ2n) is 5.86. The number of nitrogens with zero attached hydrogens (tertiary/aromatic N) is 3. The van der Waals surface area contributed by atoms with E-state index in [1.165, 1.54) is 29.4 Å². The minimum Gasteiger partial charge on any atom is -0.361 e. The molecule has 0 aliphatic carbocycles. The summed E-state index contributed by atoms with van der Waals surface area (Å²) >= 11 is 0. The van der Waals surface area contributed by atoms with Crippen molar-refractivity contribution >= 4 is 10.9 Å². The molecule has 2 aromatic heterocycles. The highest BCUT2D eigenvalue weighted by Crippen LogP contribution is 2.23. The molecule has 0 bridgehead atoms. The Morgan fingerprint density at radius 3 is 3.14 bits per heavy atom. The normalized spacial score (nSPS) is 19.5. The zero-order chi connectivity index (χ0) is 14.1. The fourth-order valence-electron chi connectivity index (χ4n) is 3.36. The maximum atomic E-state index is 4.15. The number of nitrogens with one attached hydrogen (secondary N) is 1. The Balaban J connectivity index is 1.39. The first-order chi connectivity index (χ1) is 10.4. The van der Waals surface area contributed by atoms with Crippen LogP contribution < -0.4 is 0 Å². The van der Waals surface area contributed by atoms with Crippen molar-refractivity contribution in [2.45, 2.75) is 18.9 Å². The molecule has 108 valence electrons. The molecule has 0 spiro atoms. The lowest BCUT2D eigenvalue weighted by atomic mass is 10.1. The van der Waals surface area contributed by atoms with Crippen LogP contribution in [0.4, 0.5) is 0 Å². The molecule has 1 aromatic carbocycles. The second kappa shape index (κ2) is 5.37. The van der Waals surface area contributed by atoms with E-state index in [1.807, 2.05) is 12.5 Å². The first-order valence-corrected chi connectivity index (χ1v) is 7.65. The Morgan fingerprint density at radius 1 is 1.29 bits per heavy atom. The topological polar surface area (TPSA) is 36.9 Å². The van der Waals surface area contributed by atoms with Crippen LogP contribution in [0, 0.1) is 0 Å². The molecular weight excluding hydrogens is 260 g/mol. The SMILES string of the molecule is c1ccc2c(CCN3CCC(n4ccnc4)C3)c[nH]c2c1. The summed E-state index contributed by atoms with van der Waals surface area (Å²) in [6.07, 6.45) is 10.4. The van der Waals surface area contributed by atoms with Gasteiger partial charge in [0.05, 0.1) is 6.33 Å². The number of likely N-dealkylation sites (tertiary alicyclic amines) is 1. The van der Waals surface area contributed by atoms with Crippen molar-refractivity contribution in [1.29, 1.82) is 0 Å². The molecule has 4 rings (SSSR count). The minimum absolute atomic E-state index is 0.593. The number of aromatic nitrogens is 3. The van der Waals surface area contributed by atoms with Gasteiger partial charge in [0.15, 0.2) is 0 Å².